The summed E-state index contributed by atoms with van der Waals surface area (Å²) in [5.41, 5.74) is 1.32. The van der Waals surface area contributed by atoms with Gasteiger partial charge in [0, 0.05) is 23.6 Å². The van der Waals surface area contributed by atoms with Gasteiger partial charge in [-0.3, -0.25) is 24.6 Å². The lowest BCUT2D eigenvalue weighted by molar-refractivity contribution is -0.384. The zero-order valence-electron chi connectivity index (χ0n) is 16.7. The Hall–Kier alpha value is -3.38. The molecule has 2 amide bonds. The van der Waals surface area contributed by atoms with Crippen LogP contribution in [0, 0.1) is 10.1 Å². The number of rotatable bonds is 6. The van der Waals surface area contributed by atoms with Gasteiger partial charge in [-0.25, -0.2) is 4.79 Å². The van der Waals surface area contributed by atoms with E-state index < -0.39 is 17.1 Å². The van der Waals surface area contributed by atoms with Crippen LogP contribution in [0.4, 0.5) is 10.5 Å². The lowest BCUT2D eigenvalue weighted by atomic mass is 10.0. The summed E-state index contributed by atoms with van der Waals surface area (Å²) in [4.78, 5) is 49.1. The van der Waals surface area contributed by atoms with Crippen LogP contribution in [0.25, 0.3) is 0 Å². The number of nitro benzene ring substituents is 1. The smallest absolute Gasteiger partial charge is 0.429 e. The molecule has 32 heavy (non-hydrogen) atoms. The highest BCUT2D eigenvalue weighted by Gasteiger charge is 2.51. The fraction of sp³-hybridized carbons (Fsp3) is 0.250. The number of non-ortho nitro benzene ring substituents is 1. The van der Waals surface area contributed by atoms with Gasteiger partial charge in [-0.15, -0.1) is 23.1 Å². The minimum Gasteiger partial charge on any atom is -0.429 e. The molecule has 2 aromatic rings. The van der Waals surface area contributed by atoms with Crippen molar-refractivity contribution in [3.05, 3.63) is 68.0 Å². The van der Waals surface area contributed by atoms with Crippen molar-refractivity contribution in [3.8, 4) is 5.75 Å². The third kappa shape index (κ3) is 4.32. The number of nitrogens with one attached hydrogen (secondary N) is 1. The Morgan fingerprint density at radius 2 is 2.03 bits per heavy atom. The third-order valence-corrected chi connectivity index (χ3v) is 7.20. The second kappa shape index (κ2) is 9.01. The summed E-state index contributed by atoms with van der Waals surface area (Å²) >= 11 is 2.78. The zero-order valence-corrected chi connectivity index (χ0v) is 18.3. The van der Waals surface area contributed by atoms with Crippen LogP contribution in [-0.4, -0.2) is 51.6 Å². The Balaban J connectivity index is 1.31. The van der Waals surface area contributed by atoms with Crippen molar-refractivity contribution in [1.82, 2.24) is 10.2 Å². The summed E-state index contributed by atoms with van der Waals surface area (Å²) < 4.78 is 10.2. The molecule has 3 heterocycles. The van der Waals surface area contributed by atoms with Crippen molar-refractivity contribution < 1.29 is 28.8 Å². The molecule has 166 valence electrons. The molecule has 0 bridgehead atoms. The van der Waals surface area contributed by atoms with Gasteiger partial charge in [-0.1, -0.05) is 6.07 Å². The first-order valence-corrected chi connectivity index (χ1v) is 11.3. The molecule has 1 N–H and O–H groups in total. The Bertz CT molecular complexity index is 1100. The van der Waals surface area contributed by atoms with Gasteiger partial charge in [0.15, 0.2) is 0 Å². The number of allylic oxidation sites excluding steroid dienone is 1. The topological polar surface area (TPSA) is 128 Å². The number of β-lactam (4-membered cyclic amide) rings is 1. The van der Waals surface area contributed by atoms with Gasteiger partial charge >= 0.3 is 6.16 Å². The number of fused-ring (bicyclic) bond motifs is 1. The fourth-order valence-corrected chi connectivity index (χ4v) is 5.34. The standard InChI is InChI=1S/C20H17N3O7S2/c1-11-12(9-29-20(26)30-14-6-4-13(5-7-14)23(27)28)10-32-19-16(18(25)22(11)19)21-17(24)15-3-2-8-31-15/h2-8,16,19H,9-10H2,1H3,(H,21,24). The van der Waals surface area contributed by atoms with Crippen molar-refractivity contribution in [2.75, 3.05) is 12.4 Å². The average Bonchev–Trinajstić information content (AvgIpc) is 3.31. The number of amides is 2. The molecule has 2 aliphatic heterocycles. The molecule has 1 aromatic carbocycles. The minimum absolute atomic E-state index is 0.0621. The number of hydrogen-bond donors (Lipinski definition) is 1. The van der Waals surface area contributed by atoms with Gasteiger partial charge in [0.2, 0.25) is 0 Å². The van der Waals surface area contributed by atoms with E-state index in [-0.39, 0.29) is 35.2 Å². The van der Waals surface area contributed by atoms with Crippen LogP contribution >= 0.6 is 23.1 Å². The molecule has 2 unspecified atom stereocenters. The Kier molecular flexibility index (Phi) is 6.15. The van der Waals surface area contributed by atoms with E-state index in [2.05, 4.69) is 5.32 Å². The van der Waals surface area contributed by atoms with Crippen LogP contribution in [0.3, 0.4) is 0 Å². The number of ether oxygens (including phenoxy) is 2. The SMILES string of the molecule is CC1=C(COC(=O)Oc2ccc([N+](=O)[O-])cc2)CSC2C(NC(=O)c3cccs3)C(=O)N12. The van der Waals surface area contributed by atoms with E-state index in [1.54, 1.807) is 29.3 Å². The molecule has 0 radical (unpaired) electrons. The van der Waals surface area contributed by atoms with Gasteiger partial charge in [0.1, 0.15) is 23.8 Å². The molecule has 2 atom stereocenters. The molecule has 12 heteroatoms. The van der Waals surface area contributed by atoms with Gasteiger partial charge in [0.25, 0.3) is 17.5 Å². The highest BCUT2D eigenvalue weighted by Crippen LogP contribution is 2.40. The molecule has 0 spiro atoms. The predicted molar refractivity (Wildman–Crippen MR) is 116 cm³/mol. The van der Waals surface area contributed by atoms with Crippen molar-refractivity contribution >= 4 is 46.8 Å². The van der Waals surface area contributed by atoms with E-state index in [1.165, 1.54) is 47.4 Å². The number of carbonyl (C=O) groups excluding carboxylic acids is 3. The normalized spacial score (nSPS) is 19.7. The number of benzene rings is 1. The number of hydrogen-bond acceptors (Lipinski definition) is 9. The largest absolute Gasteiger partial charge is 0.514 e. The molecule has 1 fully saturated rings. The maximum Gasteiger partial charge on any atom is 0.514 e. The van der Waals surface area contributed by atoms with Crippen LogP contribution in [0.15, 0.2) is 53.0 Å². The first kappa shape index (κ1) is 21.8. The second-order valence-corrected chi connectivity index (χ2v) is 8.97. The van der Waals surface area contributed by atoms with Crippen LogP contribution in [-0.2, 0) is 9.53 Å². The van der Waals surface area contributed by atoms with Gasteiger partial charge < -0.3 is 14.8 Å². The maximum atomic E-state index is 12.6. The Labute approximate surface area is 190 Å². The molecular weight excluding hydrogens is 458 g/mol. The predicted octanol–water partition coefficient (Wildman–Crippen LogP) is 3.16. The number of nitro groups is 1. The van der Waals surface area contributed by atoms with Gasteiger partial charge in [0.05, 0.1) is 9.80 Å². The molecule has 10 nitrogen and oxygen atoms in total. The van der Waals surface area contributed by atoms with Crippen molar-refractivity contribution in [1.29, 1.82) is 0 Å². The summed E-state index contributed by atoms with van der Waals surface area (Å²) in [7, 11) is 0. The number of nitrogens with zero attached hydrogens (tertiary/aromatic N) is 2. The second-order valence-electron chi connectivity index (χ2n) is 6.92. The fourth-order valence-electron chi connectivity index (χ4n) is 3.26. The summed E-state index contributed by atoms with van der Waals surface area (Å²) in [6, 6.07) is 7.91. The van der Waals surface area contributed by atoms with Crippen LogP contribution < -0.4 is 10.1 Å². The summed E-state index contributed by atoms with van der Waals surface area (Å²) in [6.45, 7) is 1.70. The van der Waals surface area contributed by atoms with E-state index in [9.17, 15) is 24.5 Å². The molecule has 0 saturated carbocycles. The van der Waals surface area contributed by atoms with E-state index in [0.717, 1.165) is 5.57 Å². The monoisotopic (exact) mass is 475 g/mol. The molecule has 0 aliphatic carbocycles. The molecule has 2 aliphatic rings. The lowest BCUT2D eigenvalue weighted by Crippen LogP contribution is -2.69. The average molecular weight is 476 g/mol. The maximum absolute atomic E-state index is 12.6. The van der Waals surface area contributed by atoms with Gasteiger partial charge in [-0.2, -0.15) is 0 Å². The summed E-state index contributed by atoms with van der Waals surface area (Å²) in [5.74, 6) is 0.154. The third-order valence-electron chi connectivity index (χ3n) is 4.99. The van der Waals surface area contributed by atoms with E-state index >= 15 is 0 Å². The highest BCUT2D eigenvalue weighted by atomic mass is 32.2. The first-order chi connectivity index (χ1) is 15.3. The number of thiophene rings is 1. The molecule has 1 saturated heterocycles. The first-order valence-electron chi connectivity index (χ1n) is 9.42. The lowest BCUT2D eigenvalue weighted by Gasteiger charge is -2.50. The Morgan fingerprint density at radius 1 is 1.28 bits per heavy atom. The van der Waals surface area contributed by atoms with Crippen LogP contribution in [0.2, 0.25) is 0 Å². The summed E-state index contributed by atoms with van der Waals surface area (Å²) in [6.07, 6.45) is -0.956. The van der Waals surface area contributed by atoms with E-state index in [0.29, 0.717) is 16.3 Å². The van der Waals surface area contributed by atoms with Gasteiger partial charge in [-0.05, 0) is 36.1 Å². The van der Waals surface area contributed by atoms with Crippen LogP contribution in [0.5, 0.6) is 5.75 Å². The minimum atomic E-state index is -0.956. The highest BCUT2D eigenvalue weighted by molar-refractivity contribution is 8.00. The zero-order chi connectivity index (χ0) is 22.8. The summed E-state index contributed by atoms with van der Waals surface area (Å²) in [5, 5.41) is 15.0. The molecule has 1 aromatic heterocycles. The Morgan fingerprint density at radius 3 is 2.69 bits per heavy atom. The van der Waals surface area contributed by atoms with Crippen LogP contribution in [0.1, 0.15) is 16.6 Å². The molecular formula is C20H17N3O7S2. The van der Waals surface area contributed by atoms with Crippen molar-refractivity contribution in [3.63, 3.8) is 0 Å². The quantitative estimate of drug-likeness (QED) is 0.222. The number of thioether (sulfide) groups is 1. The van der Waals surface area contributed by atoms with Crippen molar-refractivity contribution in [2.24, 2.45) is 0 Å². The van der Waals surface area contributed by atoms with Crippen molar-refractivity contribution in [2.45, 2.75) is 18.3 Å². The van der Waals surface area contributed by atoms with E-state index in [1.807, 2.05) is 0 Å². The van der Waals surface area contributed by atoms with E-state index in [4.69, 9.17) is 9.47 Å². The molecule has 4 rings (SSSR count). The number of carbonyl (C=O) groups is 3.